The molecule has 1 heterocycles. The quantitative estimate of drug-likeness (QED) is 0.461. The highest BCUT2D eigenvalue weighted by Crippen LogP contribution is 2.36. The van der Waals surface area contributed by atoms with Crippen LogP contribution < -0.4 is 15.4 Å². The van der Waals surface area contributed by atoms with Crippen molar-refractivity contribution in [3.8, 4) is 0 Å². The van der Waals surface area contributed by atoms with Gasteiger partial charge in [-0.3, -0.25) is 0 Å². The summed E-state index contributed by atoms with van der Waals surface area (Å²) in [6.45, 7) is 6.64. The van der Waals surface area contributed by atoms with E-state index in [-0.39, 0.29) is 10.5 Å². The average molecular weight is 399 g/mol. The first kappa shape index (κ1) is 21.1. The summed E-state index contributed by atoms with van der Waals surface area (Å²) in [5.74, 6) is 2.05. The minimum Gasteiger partial charge on any atom is -0.357 e. The van der Waals surface area contributed by atoms with Crippen molar-refractivity contribution in [1.29, 1.82) is 0 Å². The van der Waals surface area contributed by atoms with Gasteiger partial charge in [-0.2, -0.15) is 11.8 Å². The van der Waals surface area contributed by atoms with Crippen molar-refractivity contribution in [2.24, 2.45) is 4.99 Å². The molecule has 0 aromatic heterocycles. The van der Waals surface area contributed by atoms with E-state index in [4.69, 9.17) is 0 Å². The summed E-state index contributed by atoms with van der Waals surface area (Å²) in [5.41, 5.74) is 1.82. The molecule has 1 unspecified atom stereocenters. The molecule has 8 heteroatoms. The second-order valence-corrected chi connectivity index (χ2v) is 10.3. The van der Waals surface area contributed by atoms with Gasteiger partial charge >= 0.3 is 0 Å². The standard InChI is InChI=1S/C18H30N4O2S2/c1-4-20-17(22-14-18(2)10-5-11-25-18)21-12-15-6-8-16(9-7-15)13-26(23,24)19-3/h6-9,19H,4-5,10-14H2,1-3H3,(H2,20,21,22). The number of guanidine groups is 1. The lowest BCUT2D eigenvalue weighted by molar-refractivity contribution is 0.584. The first-order valence-electron chi connectivity index (χ1n) is 9.01. The lowest BCUT2D eigenvalue weighted by Gasteiger charge is -2.24. The van der Waals surface area contributed by atoms with Gasteiger partial charge in [0.2, 0.25) is 10.0 Å². The van der Waals surface area contributed by atoms with Crippen LogP contribution in [0.2, 0.25) is 0 Å². The zero-order valence-electron chi connectivity index (χ0n) is 15.8. The van der Waals surface area contributed by atoms with E-state index >= 15 is 0 Å². The maximum atomic E-state index is 11.6. The molecular weight excluding hydrogens is 368 g/mol. The van der Waals surface area contributed by atoms with Crippen molar-refractivity contribution in [1.82, 2.24) is 15.4 Å². The van der Waals surface area contributed by atoms with Crippen LogP contribution >= 0.6 is 11.8 Å². The highest BCUT2D eigenvalue weighted by Gasteiger charge is 2.29. The van der Waals surface area contributed by atoms with Crippen molar-refractivity contribution >= 4 is 27.7 Å². The summed E-state index contributed by atoms with van der Waals surface area (Å²) in [7, 11) is -1.81. The maximum absolute atomic E-state index is 11.6. The minimum atomic E-state index is -3.24. The molecule has 1 aliphatic heterocycles. The fourth-order valence-corrected chi connectivity index (χ4v) is 4.81. The number of benzene rings is 1. The molecule has 0 amide bonds. The normalized spacial score (nSPS) is 21.0. The van der Waals surface area contributed by atoms with Crippen LogP contribution in [0.1, 0.15) is 37.8 Å². The number of nitrogens with zero attached hydrogens (tertiary/aromatic N) is 1. The van der Waals surface area contributed by atoms with E-state index in [0.29, 0.717) is 6.54 Å². The Balaban J connectivity index is 1.93. The third-order valence-electron chi connectivity index (χ3n) is 4.38. The van der Waals surface area contributed by atoms with Crippen LogP contribution in [0.15, 0.2) is 29.3 Å². The van der Waals surface area contributed by atoms with Crippen LogP contribution in [0.3, 0.4) is 0 Å². The SMILES string of the molecule is CCNC(=NCc1ccc(CS(=O)(=O)NC)cc1)NCC1(C)CCCS1. The van der Waals surface area contributed by atoms with E-state index in [1.807, 2.05) is 36.0 Å². The number of aliphatic imine (C=N–C) groups is 1. The highest BCUT2D eigenvalue weighted by molar-refractivity contribution is 8.00. The monoisotopic (exact) mass is 398 g/mol. The summed E-state index contributed by atoms with van der Waals surface area (Å²) in [6, 6.07) is 7.55. The predicted molar refractivity (Wildman–Crippen MR) is 111 cm³/mol. The molecule has 0 radical (unpaired) electrons. The van der Waals surface area contributed by atoms with Crippen molar-refractivity contribution < 1.29 is 8.42 Å². The lowest BCUT2D eigenvalue weighted by Crippen LogP contribution is -2.43. The summed E-state index contributed by atoms with van der Waals surface area (Å²) in [4.78, 5) is 4.65. The first-order valence-corrected chi connectivity index (χ1v) is 11.6. The number of rotatable bonds is 8. The molecule has 1 fully saturated rings. The Bertz CT molecular complexity index is 696. The van der Waals surface area contributed by atoms with E-state index in [2.05, 4.69) is 34.2 Å². The molecule has 0 aliphatic carbocycles. The van der Waals surface area contributed by atoms with Crippen LogP contribution in [0.25, 0.3) is 0 Å². The summed E-state index contributed by atoms with van der Waals surface area (Å²) in [5, 5.41) is 6.74. The fraction of sp³-hybridized carbons (Fsp3) is 0.611. The van der Waals surface area contributed by atoms with Crippen LogP contribution in [-0.2, 0) is 22.3 Å². The lowest BCUT2D eigenvalue weighted by atomic mass is 10.1. The molecule has 1 atom stereocenters. The predicted octanol–water partition coefficient (Wildman–Crippen LogP) is 2.08. The smallest absolute Gasteiger partial charge is 0.215 e. The van der Waals surface area contributed by atoms with Gasteiger partial charge in [0.05, 0.1) is 12.3 Å². The number of nitrogens with one attached hydrogen (secondary N) is 3. The van der Waals surface area contributed by atoms with Gasteiger partial charge in [-0.05, 0) is 50.6 Å². The van der Waals surface area contributed by atoms with E-state index < -0.39 is 10.0 Å². The van der Waals surface area contributed by atoms with Crippen LogP contribution in [-0.4, -0.2) is 45.0 Å². The third-order valence-corrected chi connectivity index (χ3v) is 7.26. The van der Waals surface area contributed by atoms with E-state index in [0.717, 1.165) is 30.2 Å². The fourth-order valence-electron chi connectivity index (χ4n) is 2.79. The number of sulfonamides is 1. The van der Waals surface area contributed by atoms with Crippen molar-refractivity contribution in [3.05, 3.63) is 35.4 Å². The summed E-state index contributed by atoms with van der Waals surface area (Å²) in [6.07, 6.45) is 2.52. The summed E-state index contributed by atoms with van der Waals surface area (Å²) < 4.78 is 25.8. The molecule has 6 nitrogen and oxygen atoms in total. The van der Waals surface area contributed by atoms with Crippen molar-refractivity contribution in [3.63, 3.8) is 0 Å². The largest absolute Gasteiger partial charge is 0.357 e. The molecule has 26 heavy (non-hydrogen) atoms. The Hall–Kier alpha value is -1.25. The molecule has 1 saturated heterocycles. The van der Waals surface area contributed by atoms with E-state index in [9.17, 15) is 8.42 Å². The van der Waals surface area contributed by atoms with Gasteiger partial charge < -0.3 is 10.6 Å². The average Bonchev–Trinajstić information content (AvgIpc) is 3.05. The molecule has 1 aromatic carbocycles. The van der Waals surface area contributed by atoms with E-state index in [1.54, 1.807) is 0 Å². The molecule has 1 aromatic rings. The molecule has 0 spiro atoms. The van der Waals surface area contributed by atoms with Gasteiger partial charge in [0.25, 0.3) is 0 Å². The van der Waals surface area contributed by atoms with E-state index in [1.165, 1.54) is 25.6 Å². The number of hydrogen-bond acceptors (Lipinski definition) is 4. The topological polar surface area (TPSA) is 82.6 Å². The molecular formula is C18H30N4O2S2. The Morgan fingerprint density at radius 1 is 1.23 bits per heavy atom. The van der Waals surface area contributed by atoms with Crippen molar-refractivity contribution in [2.45, 2.75) is 43.7 Å². The van der Waals surface area contributed by atoms with Crippen LogP contribution in [0, 0.1) is 0 Å². The molecule has 0 bridgehead atoms. The molecule has 2 rings (SSSR count). The third kappa shape index (κ3) is 6.81. The molecule has 1 aliphatic rings. The van der Waals surface area contributed by atoms with Gasteiger partial charge in [0.15, 0.2) is 5.96 Å². The van der Waals surface area contributed by atoms with Gasteiger partial charge in [0.1, 0.15) is 0 Å². The molecule has 0 saturated carbocycles. The Morgan fingerprint density at radius 3 is 2.50 bits per heavy atom. The van der Waals surface area contributed by atoms with Gasteiger partial charge in [-0.15, -0.1) is 0 Å². The zero-order valence-corrected chi connectivity index (χ0v) is 17.5. The van der Waals surface area contributed by atoms with Gasteiger partial charge in [0, 0.05) is 17.8 Å². The Morgan fingerprint density at radius 2 is 1.92 bits per heavy atom. The van der Waals surface area contributed by atoms with Gasteiger partial charge in [-0.25, -0.2) is 18.1 Å². The highest BCUT2D eigenvalue weighted by atomic mass is 32.2. The van der Waals surface area contributed by atoms with Crippen LogP contribution in [0.4, 0.5) is 0 Å². The Kier molecular flexibility index (Phi) is 7.79. The zero-order chi connectivity index (χ0) is 19.0. The Labute approximate surface area is 161 Å². The number of thioether (sulfide) groups is 1. The second kappa shape index (κ2) is 9.62. The molecule has 146 valence electrons. The minimum absolute atomic E-state index is 0.00646. The molecule has 3 N–H and O–H groups in total. The maximum Gasteiger partial charge on any atom is 0.215 e. The first-order chi connectivity index (χ1) is 12.4. The number of hydrogen-bond donors (Lipinski definition) is 3. The summed E-state index contributed by atoms with van der Waals surface area (Å²) >= 11 is 2.03. The van der Waals surface area contributed by atoms with Crippen LogP contribution in [0.5, 0.6) is 0 Å². The van der Waals surface area contributed by atoms with Gasteiger partial charge in [-0.1, -0.05) is 24.3 Å². The second-order valence-electron chi connectivity index (χ2n) is 6.73. The van der Waals surface area contributed by atoms with Crippen molar-refractivity contribution in [2.75, 3.05) is 25.9 Å².